The molecule has 0 saturated carbocycles. The fourth-order valence-electron chi connectivity index (χ4n) is 1.58. The molecule has 1 fully saturated rings. The van der Waals surface area contributed by atoms with E-state index in [1.54, 1.807) is 11.8 Å². The fourth-order valence-corrected chi connectivity index (χ4v) is 2.19. The van der Waals surface area contributed by atoms with Crippen LogP contribution in [0, 0.1) is 0 Å². The highest BCUT2D eigenvalue weighted by molar-refractivity contribution is 7.98. The molecule has 0 radical (unpaired) electrons. The summed E-state index contributed by atoms with van der Waals surface area (Å²) in [6.07, 6.45) is 0.688. The lowest BCUT2D eigenvalue weighted by Gasteiger charge is -2.16. The van der Waals surface area contributed by atoms with Gasteiger partial charge in [0, 0.05) is 12.3 Å². The topological polar surface area (TPSA) is 67.8 Å². The molecule has 0 bridgehead atoms. The van der Waals surface area contributed by atoms with Crippen LogP contribution in [0.3, 0.4) is 0 Å². The molecule has 0 aromatic heterocycles. The van der Waals surface area contributed by atoms with E-state index in [-0.39, 0.29) is 18.8 Å². The summed E-state index contributed by atoms with van der Waals surface area (Å²) in [4.78, 5) is 10.4. The van der Waals surface area contributed by atoms with E-state index in [0.717, 1.165) is 5.75 Å². The van der Waals surface area contributed by atoms with E-state index < -0.39 is 11.9 Å². The van der Waals surface area contributed by atoms with E-state index in [4.69, 9.17) is 14.6 Å². The molecule has 2 N–H and O–H groups in total. The Balaban J connectivity index is 2.49. The average Bonchev–Trinajstić information content (AvgIpc) is 2.38. The first-order chi connectivity index (χ1) is 6.94. The molecule has 5 nitrogen and oxygen atoms in total. The highest BCUT2D eigenvalue weighted by atomic mass is 32.2. The van der Waals surface area contributed by atoms with Crippen molar-refractivity contribution in [2.45, 2.75) is 31.8 Å². The van der Waals surface area contributed by atoms with Crippen LogP contribution in [0.2, 0.25) is 0 Å². The Kier molecular flexibility index (Phi) is 4.24. The number of nitrogens with one attached hydrogen (secondary N) is 1. The molecule has 0 unspecified atom stereocenters. The Morgan fingerprint density at radius 3 is 2.60 bits per heavy atom. The van der Waals surface area contributed by atoms with Crippen molar-refractivity contribution in [1.29, 1.82) is 0 Å². The van der Waals surface area contributed by atoms with E-state index in [2.05, 4.69) is 5.32 Å². The van der Waals surface area contributed by atoms with Crippen LogP contribution in [-0.4, -0.2) is 47.7 Å². The Morgan fingerprint density at radius 1 is 1.47 bits per heavy atom. The summed E-state index contributed by atoms with van der Waals surface area (Å²) in [6, 6.07) is 0. The maximum atomic E-state index is 10.4. The summed E-state index contributed by atoms with van der Waals surface area (Å²) in [7, 11) is 0. The van der Waals surface area contributed by atoms with Gasteiger partial charge in [0.1, 0.15) is 6.10 Å². The molecule has 0 aromatic carbocycles. The molecule has 1 heterocycles. The fraction of sp³-hybridized carbons (Fsp3) is 0.889. The largest absolute Gasteiger partial charge is 0.465 e. The number of carbonyl (C=O) groups is 1. The lowest BCUT2D eigenvalue weighted by atomic mass is 10.2. The van der Waals surface area contributed by atoms with Gasteiger partial charge < -0.3 is 19.9 Å². The van der Waals surface area contributed by atoms with Crippen LogP contribution in [-0.2, 0) is 9.47 Å². The molecule has 1 saturated heterocycles. The van der Waals surface area contributed by atoms with Crippen LogP contribution in [0.15, 0.2) is 0 Å². The summed E-state index contributed by atoms with van der Waals surface area (Å²) in [5, 5.41) is 10.8. The van der Waals surface area contributed by atoms with Crippen LogP contribution in [0.5, 0.6) is 0 Å². The van der Waals surface area contributed by atoms with E-state index in [0.29, 0.717) is 0 Å². The van der Waals surface area contributed by atoms with Gasteiger partial charge in [0.25, 0.3) is 0 Å². The third-order valence-corrected chi connectivity index (χ3v) is 2.73. The number of thioether (sulfide) groups is 1. The zero-order valence-corrected chi connectivity index (χ0v) is 9.97. The molecule has 2 atom stereocenters. The van der Waals surface area contributed by atoms with E-state index in [1.165, 1.54) is 0 Å². The van der Waals surface area contributed by atoms with Gasteiger partial charge in [-0.05, 0) is 20.1 Å². The second-order valence-corrected chi connectivity index (χ2v) is 4.76. The molecule has 15 heavy (non-hydrogen) atoms. The lowest BCUT2D eigenvalue weighted by molar-refractivity contribution is -0.144. The van der Waals surface area contributed by atoms with Crippen LogP contribution in [0.4, 0.5) is 4.79 Å². The van der Waals surface area contributed by atoms with Gasteiger partial charge in [0.15, 0.2) is 5.79 Å². The number of amides is 1. The molecule has 1 aliphatic heterocycles. The predicted molar refractivity (Wildman–Crippen MR) is 58.2 cm³/mol. The van der Waals surface area contributed by atoms with Gasteiger partial charge in [-0.2, -0.15) is 11.8 Å². The van der Waals surface area contributed by atoms with Crippen molar-refractivity contribution in [2.24, 2.45) is 0 Å². The molecule has 88 valence electrons. The van der Waals surface area contributed by atoms with Gasteiger partial charge in [0.05, 0.1) is 6.10 Å². The van der Waals surface area contributed by atoms with Crippen LogP contribution >= 0.6 is 11.8 Å². The van der Waals surface area contributed by atoms with Gasteiger partial charge in [-0.25, -0.2) is 4.79 Å². The SMILES string of the molecule is CSC[C@H]1OC(C)(C)O[C@@H]1CNC(=O)O. The minimum atomic E-state index is -1.04. The minimum absolute atomic E-state index is 0.0538. The van der Waals surface area contributed by atoms with Crippen LogP contribution in [0.1, 0.15) is 13.8 Å². The van der Waals surface area contributed by atoms with Gasteiger partial charge >= 0.3 is 6.09 Å². The lowest BCUT2D eigenvalue weighted by Crippen LogP contribution is -2.37. The highest BCUT2D eigenvalue weighted by Gasteiger charge is 2.40. The number of hydrogen-bond donors (Lipinski definition) is 2. The molecular weight excluding hydrogens is 218 g/mol. The third-order valence-electron chi connectivity index (χ3n) is 2.07. The number of rotatable bonds is 4. The van der Waals surface area contributed by atoms with E-state index >= 15 is 0 Å². The molecule has 1 amide bonds. The van der Waals surface area contributed by atoms with Crippen molar-refractivity contribution >= 4 is 17.9 Å². The summed E-state index contributed by atoms with van der Waals surface area (Å²) in [6.45, 7) is 3.94. The standard InChI is InChI=1S/C9H17NO4S/c1-9(2)13-6(4-10-8(11)12)7(14-9)5-15-3/h6-7,10H,4-5H2,1-3H3,(H,11,12)/t6-,7-/m1/s1. The summed E-state index contributed by atoms with van der Waals surface area (Å²) in [5.41, 5.74) is 0. The quantitative estimate of drug-likeness (QED) is 0.764. The van der Waals surface area contributed by atoms with Crippen molar-refractivity contribution in [3.05, 3.63) is 0 Å². The Hall–Kier alpha value is -0.460. The van der Waals surface area contributed by atoms with Crippen LogP contribution < -0.4 is 5.32 Å². The normalized spacial score (nSPS) is 29.0. The first-order valence-electron chi connectivity index (χ1n) is 4.76. The summed E-state index contributed by atoms with van der Waals surface area (Å²) in [5.74, 6) is 0.181. The molecule has 0 aromatic rings. The maximum Gasteiger partial charge on any atom is 0.404 e. The maximum absolute atomic E-state index is 10.4. The monoisotopic (exact) mass is 235 g/mol. The zero-order valence-electron chi connectivity index (χ0n) is 9.15. The number of carboxylic acid groups (broad SMARTS) is 1. The predicted octanol–water partition coefficient (Wildman–Crippen LogP) is 1.14. The van der Waals surface area contributed by atoms with Crippen molar-refractivity contribution < 1.29 is 19.4 Å². The molecule has 1 aliphatic rings. The van der Waals surface area contributed by atoms with Crippen molar-refractivity contribution in [3.63, 3.8) is 0 Å². The van der Waals surface area contributed by atoms with E-state index in [9.17, 15) is 4.79 Å². The van der Waals surface area contributed by atoms with E-state index in [1.807, 2.05) is 20.1 Å². The van der Waals surface area contributed by atoms with Gasteiger partial charge in [-0.3, -0.25) is 0 Å². The Labute approximate surface area is 93.5 Å². The average molecular weight is 235 g/mol. The molecule has 1 rings (SSSR count). The highest BCUT2D eigenvalue weighted by Crippen LogP contribution is 2.29. The summed E-state index contributed by atoms with van der Waals surface area (Å²) >= 11 is 1.66. The summed E-state index contributed by atoms with van der Waals surface area (Å²) < 4.78 is 11.3. The van der Waals surface area contributed by atoms with Gasteiger partial charge in [0.2, 0.25) is 0 Å². The van der Waals surface area contributed by atoms with Crippen molar-refractivity contribution in [3.8, 4) is 0 Å². The van der Waals surface area contributed by atoms with Crippen LogP contribution in [0.25, 0.3) is 0 Å². The van der Waals surface area contributed by atoms with Gasteiger partial charge in [-0.15, -0.1) is 0 Å². The number of ether oxygens (including phenoxy) is 2. The van der Waals surface area contributed by atoms with Crippen molar-refractivity contribution in [2.75, 3.05) is 18.6 Å². The molecule has 0 aliphatic carbocycles. The van der Waals surface area contributed by atoms with Crippen molar-refractivity contribution in [1.82, 2.24) is 5.32 Å². The minimum Gasteiger partial charge on any atom is -0.465 e. The molecular formula is C9H17NO4S. The Morgan fingerprint density at radius 2 is 2.07 bits per heavy atom. The van der Waals surface area contributed by atoms with Gasteiger partial charge in [-0.1, -0.05) is 0 Å². The smallest absolute Gasteiger partial charge is 0.404 e. The molecule has 6 heteroatoms. The second-order valence-electron chi connectivity index (χ2n) is 3.85. The zero-order chi connectivity index (χ0) is 11.5. The second kappa shape index (κ2) is 5.05. The third kappa shape index (κ3) is 3.89. The molecule has 0 spiro atoms. The Bertz CT molecular complexity index is 234. The number of hydrogen-bond acceptors (Lipinski definition) is 4. The first-order valence-corrected chi connectivity index (χ1v) is 6.15. The first kappa shape index (κ1) is 12.6.